The Labute approximate surface area is 171 Å². The van der Waals surface area contributed by atoms with Crippen LogP contribution in [-0.2, 0) is 0 Å². The van der Waals surface area contributed by atoms with Crippen LogP contribution in [0.15, 0.2) is 89.2 Å². The molecule has 0 N–H and O–H groups in total. The molecule has 0 aliphatic heterocycles. The van der Waals surface area contributed by atoms with Gasteiger partial charge in [0, 0.05) is 12.3 Å². The lowest BCUT2D eigenvalue weighted by Gasteiger charge is -2.02. The molecule has 4 aromatic rings. The summed E-state index contributed by atoms with van der Waals surface area (Å²) < 4.78 is 7.85. The number of allylic oxidation sites excluding steroid dienone is 1. The molecule has 6 heteroatoms. The summed E-state index contributed by atoms with van der Waals surface area (Å²) in [6.07, 6.45) is 4.81. The first kappa shape index (κ1) is 18.7. The highest BCUT2D eigenvalue weighted by molar-refractivity contribution is 7.13. The SMILES string of the molecule is COc1ccc(C=CC(=O)n2c(-c3cccs3)cn(-c3ccccc3)c2=O)cc1. The summed E-state index contributed by atoms with van der Waals surface area (Å²) in [6.45, 7) is 0. The summed E-state index contributed by atoms with van der Waals surface area (Å²) in [5, 5.41) is 1.92. The van der Waals surface area contributed by atoms with Gasteiger partial charge in [0.2, 0.25) is 0 Å². The van der Waals surface area contributed by atoms with Gasteiger partial charge in [-0.3, -0.25) is 9.36 Å². The van der Waals surface area contributed by atoms with Gasteiger partial charge in [-0.05, 0) is 47.4 Å². The van der Waals surface area contributed by atoms with Crippen molar-refractivity contribution in [2.45, 2.75) is 0 Å². The maximum atomic E-state index is 13.1. The van der Waals surface area contributed by atoms with Crippen LogP contribution in [0.4, 0.5) is 0 Å². The van der Waals surface area contributed by atoms with Crippen molar-refractivity contribution in [2.75, 3.05) is 7.11 Å². The monoisotopic (exact) mass is 402 g/mol. The van der Waals surface area contributed by atoms with Gasteiger partial charge in [-0.25, -0.2) is 9.36 Å². The first-order valence-corrected chi connectivity index (χ1v) is 9.85. The third kappa shape index (κ3) is 3.83. The fraction of sp³-hybridized carbons (Fsp3) is 0.0435. The average Bonchev–Trinajstić information content (AvgIpc) is 3.41. The van der Waals surface area contributed by atoms with Crippen LogP contribution in [0.5, 0.6) is 5.75 Å². The van der Waals surface area contributed by atoms with Gasteiger partial charge < -0.3 is 4.74 Å². The molecule has 29 heavy (non-hydrogen) atoms. The quantitative estimate of drug-likeness (QED) is 0.454. The molecule has 0 saturated heterocycles. The Balaban J connectivity index is 1.75. The van der Waals surface area contributed by atoms with Crippen LogP contribution in [0.3, 0.4) is 0 Å². The van der Waals surface area contributed by atoms with Gasteiger partial charge in [0.1, 0.15) is 5.75 Å². The normalized spacial score (nSPS) is 11.1. The smallest absolute Gasteiger partial charge is 0.340 e. The molecular formula is C23H18N2O3S. The minimum atomic E-state index is -0.399. The van der Waals surface area contributed by atoms with Crippen LogP contribution >= 0.6 is 11.3 Å². The number of carbonyl (C=O) groups excluding carboxylic acids is 1. The molecule has 0 aliphatic carbocycles. The second-order valence-corrected chi connectivity index (χ2v) is 7.21. The number of benzene rings is 2. The van der Waals surface area contributed by atoms with Gasteiger partial charge in [-0.2, -0.15) is 0 Å². The third-order valence-electron chi connectivity index (χ3n) is 4.45. The van der Waals surface area contributed by atoms with Crippen LogP contribution < -0.4 is 10.4 Å². The molecule has 144 valence electrons. The maximum Gasteiger partial charge on any atom is 0.340 e. The number of methoxy groups -OCH3 is 1. The molecule has 0 radical (unpaired) electrons. The van der Waals surface area contributed by atoms with Gasteiger partial charge >= 0.3 is 5.69 Å². The van der Waals surface area contributed by atoms with E-state index in [0.29, 0.717) is 11.4 Å². The Hall–Kier alpha value is -3.64. The zero-order valence-electron chi connectivity index (χ0n) is 15.7. The van der Waals surface area contributed by atoms with E-state index in [-0.39, 0.29) is 0 Å². The number of nitrogens with zero attached hydrogens (tertiary/aromatic N) is 2. The van der Waals surface area contributed by atoms with E-state index in [1.807, 2.05) is 72.1 Å². The van der Waals surface area contributed by atoms with E-state index in [1.165, 1.54) is 26.5 Å². The molecule has 0 unspecified atom stereocenters. The standard InChI is InChI=1S/C23H18N2O3S/c1-28-19-12-9-17(10-13-19)11-14-22(26)25-20(21-8-5-15-29-21)16-24(23(25)27)18-6-3-2-4-7-18/h2-16H,1H3. The Morgan fingerprint density at radius 1 is 1.00 bits per heavy atom. The predicted molar refractivity (Wildman–Crippen MR) is 116 cm³/mol. The van der Waals surface area contributed by atoms with Crippen molar-refractivity contribution in [3.05, 3.63) is 100 Å². The molecule has 0 bridgehead atoms. The first-order valence-electron chi connectivity index (χ1n) is 8.97. The number of ether oxygens (including phenoxy) is 1. The predicted octanol–water partition coefficient (Wildman–Crippen LogP) is 4.73. The fourth-order valence-electron chi connectivity index (χ4n) is 2.99. The van der Waals surface area contributed by atoms with Gasteiger partial charge in [0.15, 0.2) is 0 Å². The van der Waals surface area contributed by atoms with Crippen LogP contribution in [0.2, 0.25) is 0 Å². The van der Waals surface area contributed by atoms with E-state index in [9.17, 15) is 9.59 Å². The number of hydrogen-bond donors (Lipinski definition) is 0. The summed E-state index contributed by atoms with van der Waals surface area (Å²) in [7, 11) is 1.60. The Morgan fingerprint density at radius 3 is 2.41 bits per heavy atom. The molecule has 5 nitrogen and oxygen atoms in total. The van der Waals surface area contributed by atoms with Crippen molar-refractivity contribution in [2.24, 2.45) is 0 Å². The second kappa shape index (κ2) is 8.16. The number of aromatic nitrogens is 2. The maximum absolute atomic E-state index is 13.1. The topological polar surface area (TPSA) is 53.2 Å². The van der Waals surface area contributed by atoms with Crippen molar-refractivity contribution in [1.82, 2.24) is 9.13 Å². The van der Waals surface area contributed by atoms with Gasteiger partial charge in [0.05, 0.1) is 23.4 Å². The number of carbonyl (C=O) groups is 1. The zero-order valence-corrected chi connectivity index (χ0v) is 16.5. The van der Waals surface area contributed by atoms with Crippen LogP contribution in [-0.4, -0.2) is 22.2 Å². The number of imidazole rings is 1. The van der Waals surface area contributed by atoms with Gasteiger partial charge in [-0.15, -0.1) is 11.3 Å². The van der Waals surface area contributed by atoms with Crippen molar-refractivity contribution in [3.63, 3.8) is 0 Å². The second-order valence-electron chi connectivity index (χ2n) is 6.26. The number of hydrogen-bond acceptors (Lipinski definition) is 4. The Morgan fingerprint density at radius 2 is 1.76 bits per heavy atom. The largest absolute Gasteiger partial charge is 0.497 e. The number of thiophene rings is 1. The molecule has 0 atom stereocenters. The lowest BCUT2D eigenvalue weighted by atomic mass is 10.2. The summed E-state index contributed by atoms with van der Waals surface area (Å²) in [6, 6.07) is 20.4. The van der Waals surface area contributed by atoms with E-state index >= 15 is 0 Å². The van der Waals surface area contributed by atoms with Gasteiger partial charge in [-0.1, -0.05) is 36.4 Å². The minimum Gasteiger partial charge on any atom is -0.497 e. The number of rotatable bonds is 5. The lowest BCUT2D eigenvalue weighted by Crippen LogP contribution is -2.27. The highest BCUT2D eigenvalue weighted by Gasteiger charge is 2.18. The molecule has 2 aromatic carbocycles. The lowest BCUT2D eigenvalue weighted by molar-refractivity contribution is 0.0967. The zero-order chi connectivity index (χ0) is 20.2. The van der Waals surface area contributed by atoms with E-state index < -0.39 is 11.6 Å². The molecule has 0 aliphatic rings. The Bertz CT molecular complexity index is 1200. The molecule has 4 rings (SSSR count). The highest BCUT2D eigenvalue weighted by atomic mass is 32.1. The van der Waals surface area contributed by atoms with Crippen LogP contribution in [0.25, 0.3) is 22.3 Å². The van der Waals surface area contributed by atoms with Crippen molar-refractivity contribution < 1.29 is 9.53 Å². The van der Waals surface area contributed by atoms with Crippen molar-refractivity contribution in [1.29, 1.82) is 0 Å². The van der Waals surface area contributed by atoms with E-state index in [1.54, 1.807) is 19.4 Å². The highest BCUT2D eigenvalue weighted by Crippen LogP contribution is 2.25. The summed E-state index contributed by atoms with van der Waals surface area (Å²) in [5.74, 6) is 0.341. The molecule has 0 fully saturated rings. The van der Waals surface area contributed by atoms with Crippen LogP contribution in [0, 0.1) is 0 Å². The number of para-hydroxylation sites is 1. The molecule has 2 aromatic heterocycles. The molecule has 2 heterocycles. The first-order chi connectivity index (χ1) is 14.2. The van der Waals surface area contributed by atoms with Crippen LogP contribution in [0.1, 0.15) is 10.4 Å². The van der Waals surface area contributed by atoms with Gasteiger partial charge in [0.25, 0.3) is 5.91 Å². The fourth-order valence-corrected chi connectivity index (χ4v) is 3.71. The van der Waals surface area contributed by atoms with Crippen molar-refractivity contribution >= 4 is 23.3 Å². The van der Waals surface area contributed by atoms with E-state index in [0.717, 1.165) is 16.2 Å². The molecule has 0 saturated carbocycles. The third-order valence-corrected chi connectivity index (χ3v) is 5.34. The minimum absolute atomic E-state index is 0.399. The molecule has 0 spiro atoms. The summed E-state index contributed by atoms with van der Waals surface area (Å²) in [5.41, 5.74) is 1.72. The van der Waals surface area contributed by atoms with E-state index in [2.05, 4.69) is 0 Å². The molecule has 0 amide bonds. The van der Waals surface area contributed by atoms with Crippen molar-refractivity contribution in [3.8, 4) is 22.0 Å². The summed E-state index contributed by atoms with van der Waals surface area (Å²) >= 11 is 1.48. The van der Waals surface area contributed by atoms with E-state index in [4.69, 9.17) is 4.74 Å². The summed E-state index contributed by atoms with van der Waals surface area (Å²) in [4.78, 5) is 26.9. The molecular weight excluding hydrogens is 384 g/mol. The average molecular weight is 402 g/mol. The Kier molecular flexibility index (Phi) is 5.27.